The molecule has 1 aliphatic heterocycles. The van der Waals surface area contributed by atoms with Gasteiger partial charge in [-0.2, -0.15) is 4.98 Å². The lowest BCUT2D eigenvalue weighted by Crippen LogP contribution is -2.31. The normalized spacial score (nSPS) is 17.8. The fourth-order valence-electron chi connectivity index (χ4n) is 2.06. The van der Waals surface area contributed by atoms with Crippen LogP contribution in [0.1, 0.15) is 31.0 Å². The minimum atomic E-state index is 0.575. The predicted molar refractivity (Wildman–Crippen MR) is 61.1 cm³/mol. The zero-order valence-electron chi connectivity index (χ0n) is 9.69. The highest BCUT2D eigenvalue weighted by Crippen LogP contribution is 2.09. The molecule has 1 aliphatic rings. The minimum Gasteiger partial charge on any atom is -0.339 e. The van der Waals surface area contributed by atoms with Gasteiger partial charge in [0.15, 0.2) is 5.82 Å². The molecule has 1 saturated heterocycles. The number of nitrogens with two attached hydrogens (primary N) is 1. The van der Waals surface area contributed by atoms with Crippen molar-refractivity contribution in [3.05, 3.63) is 11.7 Å². The van der Waals surface area contributed by atoms with E-state index >= 15 is 0 Å². The van der Waals surface area contributed by atoms with Crippen LogP contribution in [0.5, 0.6) is 0 Å². The third-order valence-corrected chi connectivity index (χ3v) is 2.97. The second-order valence-electron chi connectivity index (χ2n) is 4.30. The molecule has 0 amide bonds. The van der Waals surface area contributed by atoms with Crippen LogP contribution in [0.2, 0.25) is 0 Å². The van der Waals surface area contributed by atoms with E-state index in [1.807, 2.05) is 0 Å². The van der Waals surface area contributed by atoms with Crippen molar-refractivity contribution in [3.63, 3.8) is 0 Å². The van der Waals surface area contributed by atoms with Gasteiger partial charge in [-0.25, -0.2) is 0 Å². The molecule has 1 fully saturated rings. The van der Waals surface area contributed by atoms with E-state index < -0.39 is 0 Å². The Morgan fingerprint density at radius 2 is 2.00 bits per heavy atom. The van der Waals surface area contributed by atoms with Gasteiger partial charge in [-0.3, -0.25) is 0 Å². The zero-order valence-corrected chi connectivity index (χ0v) is 9.69. The lowest BCUT2D eigenvalue weighted by atomic mass is 10.1. The maximum Gasteiger partial charge on any atom is 0.227 e. The number of piperidine rings is 1. The summed E-state index contributed by atoms with van der Waals surface area (Å²) >= 11 is 0. The average molecular weight is 224 g/mol. The van der Waals surface area contributed by atoms with Gasteiger partial charge in [0, 0.05) is 19.4 Å². The summed E-state index contributed by atoms with van der Waals surface area (Å²) in [6.45, 7) is 4.03. The summed E-state index contributed by atoms with van der Waals surface area (Å²) in [6, 6.07) is 0. The number of likely N-dealkylation sites (tertiary alicyclic amines) is 1. The van der Waals surface area contributed by atoms with Gasteiger partial charge in [0.2, 0.25) is 5.89 Å². The van der Waals surface area contributed by atoms with Crippen LogP contribution < -0.4 is 5.73 Å². The molecule has 0 aliphatic carbocycles. The summed E-state index contributed by atoms with van der Waals surface area (Å²) < 4.78 is 5.16. The van der Waals surface area contributed by atoms with E-state index in [2.05, 4.69) is 15.0 Å². The van der Waals surface area contributed by atoms with E-state index in [0.717, 1.165) is 24.7 Å². The van der Waals surface area contributed by atoms with Gasteiger partial charge in [-0.15, -0.1) is 0 Å². The van der Waals surface area contributed by atoms with Crippen molar-refractivity contribution in [1.29, 1.82) is 0 Å². The first-order chi connectivity index (χ1) is 7.88. The number of hydrogen-bond donors (Lipinski definition) is 1. The Kier molecular flexibility index (Phi) is 4.30. The fourth-order valence-corrected chi connectivity index (χ4v) is 2.06. The van der Waals surface area contributed by atoms with Gasteiger partial charge >= 0.3 is 0 Å². The van der Waals surface area contributed by atoms with Crippen LogP contribution in [-0.2, 0) is 12.8 Å². The molecule has 16 heavy (non-hydrogen) atoms. The fraction of sp³-hybridized carbons (Fsp3) is 0.818. The second-order valence-corrected chi connectivity index (χ2v) is 4.30. The molecule has 0 saturated carbocycles. The summed E-state index contributed by atoms with van der Waals surface area (Å²) in [4.78, 5) is 6.77. The van der Waals surface area contributed by atoms with E-state index in [9.17, 15) is 0 Å². The second kappa shape index (κ2) is 5.96. The van der Waals surface area contributed by atoms with E-state index in [-0.39, 0.29) is 0 Å². The lowest BCUT2D eigenvalue weighted by Gasteiger charge is -2.25. The monoisotopic (exact) mass is 224 g/mol. The summed E-state index contributed by atoms with van der Waals surface area (Å²) in [5.74, 6) is 1.48. The molecule has 2 N–H and O–H groups in total. The van der Waals surface area contributed by atoms with Gasteiger partial charge in [-0.05, 0) is 32.5 Å². The minimum absolute atomic E-state index is 0.575. The van der Waals surface area contributed by atoms with Gasteiger partial charge in [0.05, 0.1) is 0 Å². The van der Waals surface area contributed by atoms with Crippen LogP contribution >= 0.6 is 0 Å². The van der Waals surface area contributed by atoms with Gasteiger partial charge < -0.3 is 15.2 Å². The molecule has 0 unspecified atom stereocenters. The van der Waals surface area contributed by atoms with Crippen LogP contribution in [0, 0.1) is 0 Å². The van der Waals surface area contributed by atoms with Gasteiger partial charge in [0.1, 0.15) is 0 Å². The Bertz CT molecular complexity index is 307. The first-order valence-corrected chi connectivity index (χ1v) is 6.12. The summed E-state index contributed by atoms with van der Waals surface area (Å²) in [5.41, 5.74) is 5.43. The zero-order chi connectivity index (χ0) is 11.2. The lowest BCUT2D eigenvalue weighted by molar-refractivity contribution is 0.223. The first-order valence-electron chi connectivity index (χ1n) is 6.12. The highest BCUT2D eigenvalue weighted by molar-refractivity contribution is 4.87. The van der Waals surface area contributed by atoms with Crippen molar-refractivity contribution >= 4 is 0 Å². The molecular weight excluding hydrogens is 204 g/mol. The third kappa shape index (κ3) is 3.28. The number of hydrogen-bond acceptors (Lipinski definition) is 5. The van der Waals surface area contributed by atoms with Crippen molar-refractivity contribution in [3.8, 4) is 0 Å². The molecule has 0 radical (unpaired) electrons. The smallest absolute Gasteiger partial charge is 0.227 e. The van der Waals surface area contributed by atoms with Crippen molar-refractivity contribution in [2.75, 3.05) is 26.2 Å². The maximum atomic E-state index is 5.43. The van der Waals surface area contributed by atoms with Crippen LogP contribution in [0.15, 0.2) is 4.52 Å². The van der Waals surface area contributed by atoms with Crippen LogP contribution in [0.3, 0.4) is 0 Å². The Hall–Kier alpha value is -0.940. The Labute approximate surface area is 96.0 Å². The van der Waals surface area contributed by atoms with E-state index in [1.165, 1.54) is 32.4 Å². The molecule has 0 spiro atoms. The van der Waals surface area contributed by atoms with Crippen molar-refractivity contribution in [2.24, 2.45) is 5.73 Å². The molecule has 0 aromatic carbocycles. The van der Waals surface area contributed by atoms with Gasteiger partial charge in [-0.1, -0.05) is 11.6 Å². The third-order valence-electron chi connectivity index (χ3n) is 2.97. The van der Waals surface area contributed by atoms with Crippen molar-refractivity contribution in [2.45, 2.75) is 32.1 Å². The van der Waals surface area contributed by atoms with Crippen LogP contribution in [-0.4, -0.2) is 41.2 Å². The number of nitrogens with zero attached hydrogens (tertiary/aromatic N) is 3. The predicted octanol–water partition coefficient (Wildman–Crippen LogP) is 0.599. The topological polar surface area (TPSA) is 68.2 Å². The highest BCUT2D eigenvalue weighted by atomic mass is 16.5. The molecule has 0 atom stereocenters. The van der Waals surface area contributed by atoms with E-state index in [4.69, 9.17) is 10.3 Å². The quantitative estimate of drug-likeness (QED) is 0.793. The standard InChI is InChI=1S/C11H20N4O/c12-6-4-10-13-11(16-14-10)5-9-15-7-2-1-3-8-15/h1-9,12H2. The van der Waals surface area contributed by atoms with Crippen LogP contribution in [0.25, 0.3) is 0 Å². The van der Waals surface area contributed by atoms with E-state index in [0.29, 0.717) is 13.0 Å². The summed E-state index contributed by atoms with van der Waals surface area (Å²) in [5, 5.41) is 3.89. The maximum absolute atomic E-state index is 5.43. The first kappa shape index (κ1) is 11.5. The molecule has 5 nitrogen and oxygen atoms in total. The van der Waals surface area contributed by atoms with Gasteiger partial charge in [0.25, 0.3) is 0 Å². The average Bonchev–Trinajstić information content (AvgIpc) is 2.76. The molecule has 2 rings (SSSR count). The summed E-state index contributed by atoms with van der Waals surface area (Å²) in [7, 11) is 0. The molecule has 1 aromatic rings. The summed E-state index contributed by atoms with van der Waals surface area (Å²) in [6.07, 6.45) is 5.58. The molecular formula is C11H20N4O. The van der Waals surface area contributed by atoms with E-state index in [1.54, 1.807) is 0 Å². The molecule has 90 valence electrons. The molecule has 0 bridgehead atoms. The SMILES string of the molecule is NCCc1noc(CCN2CCCCC2)n1. The molecule has 1 aromatic heterocycles. The number of rotatable bonds is 5. The number of aromatic nitrogens is 2. The molecule has 5 heteroatoms. The Morgan fingerprint density at radius 1 is 1.19 bits per heavy atom. The Morgan fingerprint density at radius 3 is 2.75 bits per heavy atom. The Balaban J connectivity index is 1.75. The largest absolute Gasteiger partial charge is 0.339 e. The van der Waals surface area contributed by atoms with Crippen LogP contribution in [0.4, 0.5) is 0 Å². The molecule has 2 heterocycles. The highest BCUT2D eigenvalue weighted by Gasteiger charge is 2.12. The van der Waals surface area contributed by atoms with Crippen molar-refractivity contribution < 1.29 is 4.52 Å². The van der Waals surface area contributed by atoms with Crippen molar-refractivity contribution in [1.82, 2.24) is 15.0 Å².